The normalized spacial score (nSPS) is 9.50. The van der Waals surface area contributed by atoms with Gasteiger partial charge in [-0.3, -0.25) is 4.79 Å². The monoisotopic (exact) mass is 312 g/mol. The lowest BCUT2D eigenvalue weighted by atomic mass is 10.3. The molecule has 0 aliphatic carbocycles. The molecule has 0 bridgehead atoms. The Hall–Kier alpha value is -0.680. The second kappa shape index (κ2) is 9.28. The highest BCUT2D eigenvalue weighted by Gasteiger charge is 2.04. The van der Waals surface area contributed by atoms with E-state index in [0.29, 0.717) is 28.9 Å². The van der Waals surface area contributed by atoms with E-state index in [0.717, 1.165) is 0 Å². The number of rotatable bonds is 6. The molecule has 0 unspecified atom stereocenters. The Labute approximate surface area is 122 Å². The molecule has 18 heavy (non-hydrogen) atoms. The van der Waals surface area contributed by atoms with Gasteiger partial charge in [0, 0.05) is 18.1 Å². The summed E-state index contributed by atoms with van der Waals surface area (Å²) in [6, 6.07) is 4.94. The van der Waals surface area contributed by atoms with E-state index in [2.05, 4.69) is 5.32 Å². The molecule has 7 heteroatoms. The predicted molar refractivity (Wildman–Crippen MR) is 75.9 cm³/mol. The fourth-order valence-corrected chi connectivity index (χ4v) is 1.61. The van der Waals surface area contributed by atoms with Crippen LogP contribution in [0.2, 0.25) is 10.0 Å². The zero-order valence-corrected chi connectivity index (χ0v) is 11.9. The van der Waals surface area contributed by atoms with E-state index in [-0.39, 0.29) is 31.3 Å². The van der Waals surface area contributed by atoms with Gasteiger partial charge in [0.25, 0.3) is 0 Å². The van der Waals surface area contributed by atoms with Crippen LogP contribution in [0, 0.1) is 0 Å². The van der Waals surface area contributed by atoms with Crippen LogP contribution in [0.4, 0.5) is 0 Å². The quantitative estimate of drug-likeness (QED) is 0.846. The lowest BCUT2D eigenvalue weighted by molar-refractivity contribution is -0.121. The Morgan fingerprint density at radius 2 is 2.11 bits per heavy atom. The van der Waals surface area contributed by atoms with Crippen molar-refractivity contribution in [1.82, 2.24) is 5.32 Å². The highest BCUT2D eigenvalue weighted by atomic mass is 35.5. The molecule has 1 aromatic rings. The molecule has 0 aliphatic heterocycles. The number of amides is 1. The number of hydrogen-bond acceptors (Lipinski definition) is 3. The van der Waals surface area contributed by atoms with Crippen LogP contribution < -0.4 is 15.8 Å². The third kappa shape index (κ3) is 6.31. The van der Waals surface area contributed by atoms with Crippen LogP contribution in [0.15, 0.2) is 18.2 Å². The maximum Gasteiger partial charge on any atom is 0.223 e. The van der Waals surface area contributed by atoms with Crippen LogP contribution in [0.5, 0.6) is 5.75 Å². The van der Waals surface area contributed by atoms with Crippen molar-refractivity contribution in [2.45, 2.75) is 6.42 Å². The molecule has 0 saturated carbocycles. The van der Waals surface area contributed by atoms with E-state index >= 15 is 0 Å². The molecule has 0 atom stereocenters. The van der Waals surface area contributed by atoms with E-state index in [1.54, 1.807) is 18.2 Å². The molecule has 1 rings (SSSR count). The van der Waals surface area contributed by atoms with Gasteiger partial charge < -0.3 is 15.8 Å². The van der Waals surface area contributed by atoms with Gasteiger partial charge in [-0.25, -0.2) is 0 Å². The molecule has 1 amide bonds. The Kier molecular flexibility index (Phi) is 8.93. The summed E-state index contributed by atoms with van der Waals surface area (Å²) in [5, 5.41) is 3.62. The van der Waals surface area contributed by atoms with E-state index in [9.17, 15) is 4.79 Å². The lowest BCUT2D eigenvalue weighted by Gasteiger charge is -2.08. The van der Waals surface area contributed by atoms with Crippen LogP contribution in [0.1, 0.15) is 6.42 Å². The number of nitrogens with two attached hydrogens (primary N) is 1. The second-order valence-electron chi connectivity index (χ2n) is 3.31. The Morgan fingerprint density at radius 1 is 1.39 bits per heavy atom. The smallest absolute Gasteiger partial charge is 0.223 e. The molecule has 4 nitrogen and oxygen atoms in total. The van der Waals surface area contributed by atoms with Crippen molar-refractivity contribution in [2.75, 3.05) is 19.7 Å². The van der Waals surface area contributed by atoms with Gasteiger partial charge in [-0.15, -0.1) is 12.4 Å². The maximum absolute atomic E-state index is 11.2. The first-order chi connectivity index (χ1) is 8.13. The summed E-state index contributed by atoms with van der Waals surface area (Å²) in [6.45, 7) is 1.16. The summed E-state index contributed by atoms with van der Waals surface area (Å²) in [5.41, 5.74) is 5.25. The van der Waals surface area contributed by atoms with Crippen LogP contribution >= 0.6 is 35.6 Å². The first-order valence-corrected chi connectivity index (χ1v) is 5.93. The second-order valence-corrected chi connectivity index (χ2v) is 4.16. The molecule has 0 radical (unpaired) electrons. The largest absolute Gasteiger partial charge is 0.491 e. The molecule has 0 fully saturated rings. The van der Waals surface area contributed by atoms with Gasteiger partial charge in [0.1, 0.15) is 5.75 Å². The van der Waals surface area contributed by atoms with Gasteiger partial charge in [0.05, 0.1) is 18.1 Å². The fraction of sp³-hybridized carbons (Fsp3) is 0.364. The Morgan fingerprint density at radius 3 is 2.72 bits per heavy atom. The third-order valence-corrected chi connectivity index (χ3v) is 2.48. The average Bonchev–Trinajstić information content (AvgIpc) is 2.29. The van der Waals surface area contributed by atoms with Gasteiger partial charge >= 0.3 is 0 Å². The standard InChI is InChI=1S/C11H14Cl2N2O2.ClH/c12-8-1-2-10(9(13)7-8)17-6-3-11(16)15-5-4-14;/h1-2,7H,3-6,14H2,(H,15,16);1H. The molecular formula is C11H15Cl3N2O2. The molecule has 102 valence electrons. The molecule has 0 aromatic heterocycles. The fourth-order valence-electron chi connectivity index (χ4n) is 1.15. The summed E-state index contributed by atoms with van der Waals surface area (Å²) < 4.78 is 5.36. The van der Waals surface area contributed by atoms with Crippen molar-refractivity contribution >= 4 is 41.5 Å². The van der Waals surface area contributed by atoms with Crippen LogP contribution in [0.25, 0.3) is 0 Å². The minimum Gasteiger partial charge on any atom is -0.491 e. The third-order valence-electron chi connectivity index (χ3n) is 1.95. The number of hydrogen-bond donors (Lipinski definition) is 2. The molecular weight excluding hydrogens is 298 g/mol. The molecule has 3 N–H and O–H groups in total. The summed E-state index contributed by atoms with van der Waals surface area (Å²) in [7, 11) is 0. The number of ether oxygens (including phenoxy) is 1. The van der Waals surface area contributed by atoms with Crippen LogP contribution in [-0.2, 0) is 4.79 Å². The van der Waals surface area contributed by atoms with Gasteiger partial charge in [-0.1, -0.05) is 23.2 Å². The van der Waals surface area contributed by atoms with Gasteiger partial charge in [0.15, 0.2) is 0 Å². The number of carbonyl (C=O) groups is 1. The topological polar surface area (TPSA) is 64.3 Å². The zero-order valence-electron chi connectivity index (χ0n) is 9.62. The van der Waals surface area contributed by atoms with Crippen molar-refractivity contribution in [3.63, 3.8) is 0 Å². The van der Waals surface area contributed by atoms with Crippen LogP contribution in [-0.4, -0.2) is 25.6 Å². The Bertz CT molecular complexity index is 389. The maximum atomic E-state index is 11.2. The first-order valence-electron chi connectivity index (χ1n) is 5.18. The highest BCUT2D eigenvalue weighted by Crippen LogP contribution is 2.27. The van der Waals surface area contributed by atoms with E-state index in [1.165, 1.54) is 0 Å². The zero-order chi connectivity index (χ0) is 12.7. The van der Waals surface area contributed by atoms with Gasteiger partial charge in [-0.2, -0.15) is 0 Å². The summed E-state index contributed by atoms with van der Waals surface area (Å²) in [5.74, 6) is 0.420. The predicted octanol–water partition coefficient (Wildman–Crippen LogP) is 2.26. The van der Waals surface area contributed by atoms with Crippen molar-refractivity contribution < 1.29 is 9.53 Å². The minimum absolute atomic E-state index is 0. The van der Waals surface area contributed by atoms with Crippen molar-refractivity contribution in [3.05, 3.63) is 28.2 Å². The number of benzene rings is 1. The lowest BCUT2D eigenvalue weighted by Crippen LogP contribution is -2.29. The summed E-state index contributed by atoms with van der Waals surface area (Å²) >= 11 is 11.6. The molecule has 0 aliphatic rings. The molecule has 0 saturated heterocycles. The van der Waals surface area contributed by atoms with Crippen molar-refractivity contribution in [1.29, 1.82) is 0 Å². The van der Waals surface area contributed by atoms with Crippen molar-refractivity contribution in [2.24, 2.45) is 5.73 Å². The SMILES string of the molecule is Cl.NCCNC(=O)CCOc1ccc(Cl)cc1Cl. The summed E-state index contributed by atoms with van der Waals surface area (Å²) in [4.78, 5) is 11.2. The summed E-state index contributed by atoms with van der Waals surface area (Å²) in [6.07, 6.45) is 0.263. The number of carbonyl (C=O) groups excluding carboxylic acids is 1. The minimum atomic E-state index is -0.0967. The average molecular weight is 314 g/mol. The molecule has 1 aromatic carbocycles. The number of nitrogens with one attached hydrogen (secondary N) is 1. The van der Waals surface area contributed by atoms with E-state index in [1.807, 2.05) is 0 Å². The molecule has 0 spiro atoms. The Balaban J connectivity index is 0.00000289. The van der Waals surface area contributed by atoms with Crippen molar-refractivity contribution in [3.8, 4) is 5.75 Å². The highest BCUT2D eigenvalue weighted by molar-refractivity contribution is 6.35. The van der Waals surface area contributed by atoms with E-state index < -0.39 is 0 Å². The van der Waals surface area contributed by atoms with Crippen LogP contribution in [0.3, 0.4) is 0 Å². The number of halogens is 3. The molecule has 0 heterocycles. The van der Waals surface area contributed by atoms with E-state index in [4.69, 9.17) is 33.7 Å². The van der Waals surface area contributed by atoms with Gasteiger partial charge in [-0.05, 0) is 18.2 Å². The first kappa shape index (κ1) is 17.3. The van der Waals surface area contributed by atoms with Gasteiger partial charge in [0.2, 0.25) is 5.91 Å².